The Morgan fingerprint density at radius 2 is 1.74 bits per heavy atom. The molecule has 2 amide bonds. The number of anilines is 1. The smallest absolute Gasteiger partial charge is 0.435 e. The van der Waals surface area contributed by atoms with Crippen LogP contribution in [0.3, 0.4) is 0 Å². The number of urea groups is 1. The molecule has 2 heterocycles. The molecule has 13 heteroatoms. The quantitative estimate of drug-likeness (QED) is 0.287. The summed E-state index contributed by atoms with van der Waals surface area (Å²) in [6.07, 6.45) is -4.43. The maximum Gasteiger partial charge on any atom is 0.488 e. The summed E-state index contributed by atoms with van der Waals surface area (Å²) in [7, 11) is 0. The number of fused-ring (bicyclic) bond motifs is 1. The zero-order valence-corrected chi connectivity index (χ0v) is 19.8. The van der Waals surface area contributed by atoms with E-state index in [9.17, 15) is 26.7 Å². The van der Waals surface area contributed by atoms with Crippen LogP contribution >= 0.6 is 11.6 Å². The first-order chi connectivity index (χ1) is 18.0. The van der Waals surface area contributed by atoms with Gasteiger partial charge in [-0.3, -0.25) is 0 Å². The van der Waals surface area contributed by atoms with E-state index in [1.54, 1.807) is 12.1 Å². The van der Waals surface area contributed by atoms with E-state index in [0.717, 1.165) is 22.7 Å². The van der Waals surface area contributed by atoms with Crippen molar-refractivity contribution < 1.29 is 41.0 Å². The Labute approximate surface area is 217 Å². The number of halogens is 6. The van der Waals surface area contributed by atoms with E-state index in [0.29, 0.717) is 11.3 Å². The summed E-state index contributed by atoms with van der Waals surface area (Å²) in [5, 5.41) is 4.21. The van der Waals surface area contributed by atoms with Gasteiger partial charge in [-0.15, -0.1) is 0 Å². The van der Waals surface area contributed by atoms with Gasteiger partial charge < -0.3 is 19.5 Å². The third-order valence-electron chi connectivity index (χ3n) is 5.74. The summed E-state index contributed by atoms with van der Waals surface area (Å²) in [4.78, 5) is 13.1. The van der Waals surface area contributed by atoms with E-state index in [4.69, 9.17) is 11.6 Å². The van der Waals surface area contributed by atoms with Crippen LogP contribution in [-0.4, -0.2) is 41.3 Å². The van der Waals surface area contributed by atoms with Crippen molar-refractivity contribution in [3.63, 3.8) is 0 Å². The predicted octanol–water partition coefficient (Wildman–Crippen LogP) is 6.55. The normalized spacial score (nSPS) is 21.7. The van der Waals surface area contributed by atoms with Crippen LogP contribution in [-0.2, 0) is 0 Å². The molecule has 0 bridgehead atoms. The van der Waals surface area contributed by atoms with Crippen LogP contribution in [0.15, 0.2) is 77.9 Å². The van der Waals surface area contributed by atoms with Crippen molar-refractivity contribution in [2.24, 2.45) is 5.10 Å². The van der Waals surface area contributed by atoms with Gasteiger partial charge in [-0.2, -0.15) is 27.1 Å². The molecule has 0 spiro atoms. The molecule has 0 fully saturated rings. The Morgan fingerprint density at radius 1 is 1.03 bits per heavy atom. The zero-order chi connectivity index (χ0) is 27.1. The average Bonchev–Trinajstić information content (AvgIpc) is 3.31. The molecule has 3 aromatic rings. The molecule has 5 rings (SSSR count). The highest BCUT2D eigenvalue weighted by Crippen LogP contribution is 2.48. The summed E-state index contributed by atoms with van der Waals surface area (Å²) in [5.74, 6) is -1.29. The number of amides is 2. The lowest BCUT2D eigenvalue weighted by Crippen LogP contribution is -2.51. The largest absolute Gasteiger partial charge is 0.488 e. The maximum atomic E-state index is 14.0. The molecule has 3 aromatic carbocycles. The van der Waals surface area contributed by atoms with E-state index in [2.05, 4.69) is 24.6 Å². The molecule has 0 radical (unpaired) electrons. The zero-order valence-electron chi connectivity index (χ0n) is 19.1. The highest BCUT2D eigenvalue weighted by Gasteiger charge is 2.63. The van der Waals surface area contributed by atoms with Gasteiger partial charge in [-0.05, 0) is 59.1 Å². The van der Waals surface area contributed by atoms with Crippen LogP contribution < -0.4 is 19.5 Å². The van der Waals surface area contributed by atoms with E-state index >= 15 is 0 Å². The molecule has 0 saturated heterocycles. The van der Waals surface area contributed by atoms with Gasteiger partial charge in [0.05, 0.1) is 12.3 Å². The Kier molecular flexibility index (Phi) is 6.51. The molecule has 198 valence electrons. The first-order valence-electron chi connectivity index (χ1n) is 11.1. The van der Waals surface area contributed by atoms with Crippen molar-refractivity contribution in [2.75, 3.05) is 11.9 Å². The lowest BCUT2D eigenvalue weighted by atomic mass is 9.90. The van der Waals surface area contributed by atoms with Gasteiger partial charge in [-0.25, -0.2) is 9.80 Å². The van der Waals surface area contributed by atoms with Crippen LogP contribution in [0.4, 0.5) is 32.4 Å². The molecule has 38 heavy (non-hydrogen) atoms. The number of nitrogens with zero attached hydrogens (tertiary/aromatic N) is 2. The Hall–Kier alpha value is -4.06. The molecular formula is C25H17ClF5N3O4. The Balaban J connectivity index is 1.38. The van der Waals surface area contributed by atoms with Gasteiger partial charge >= 0.3 is 24.1 Å². The number of benzene rings is 3. The lowest BCUT2D eigenvalue weighted by molar-refractivity contribution is -0.303. The number of rotatable bonds is 5. The summed E-state index contributed by atoms with van der Waals surface area (Å²) in [5.41, 5.74) is 2.01. The topological polar surface area (TPSA) is 72.4 Å². The van der Waals surface area contributed by atoms with Crippen molar-refractivity contribution in [1.82, 2.24) is 5.01 Å². The number of hydrogen-bond donors (Lipinski definition) is 1. The van der Waals surface area contributed by atoms with Crippen molar-refractivity contribution in [1.29, 1.82) is 0 Å². The molecule has 0 aromatic heterocycles. The number of carbonyl (C=O) groups is 1. The number of ether oxygens (including phenoxy) is 3. The summed E-state index contributed by atoms with van der Waals surface area (Å²) in [6, 6.07) is 17.8. The van der Waals surface area contributed by atoms with E-state index in [1.165, 1.54) is 18.2 Å². The minimum absolute atomic E-state index is 0.0289. The van der Waals surface area contributed by atoms with Gasteiger partial charge in [0.2, 0.25) is 0 Å². The van der Waals surface area contributed by atoms with Crippen molar-refractivity contribution in [3.8, 4) is 17.2 Å². The number of hydrogen-bond acceptors (Lipinski definition) is 5. The molecule has 2 aliphatic rings. The van der Waals surface area contributed by atoms with Gasteiger partial charge in [0.1, 0.15) is 5.75 Å². The second-order valence-corrected chi connectivity index (χ2v) is 8.75. The van der Waals surface area contributed by atoms with Crippen molar-refractivity contribution in [2.45, 2.75) is 24.0 Å². The van der Waals surface area contributed by atoms with Gasteiger partial charge in [0.25, 0.3) is 0 Å². The number of nitrogens with one attached hydrogen (secondary N) is 1. The minimum Gasteiger partial charge on any atom is -0.435 e. The lowest BCUT2D eigenvalue weighted by Gasteiger charge is -2.33. The summed E-state index contributed by atoms with van der Waals surface area (Å²) < 4.78 is 79.5. The first-order valence-corrected chi connectivity index (χ1v) is 11.4. The summed E-state index contributed by atoms with van der Waals surface area (Å²) in [6.45, 7) is -2.84. The third-order valence-corrected chi connectivity index (χ3v) is 6.03. The van der Waals surface area contributed by atoms with E-state index < -0.39 is 35.6 Å². The monoisotopic (exact) mass is 553 g/mol. The van der Waals surface area contributed by atoms with Gasteiger partial charge in [0, 0.05) is 17.7 Å². The molecule has 2 unspecified atom stereocenters. The van der Waals surface area contributed by atoms with Gasteiger partial charge in [0.15, 0.2) is 11.5 Å². The van der Waals surface area contributed by atoms with Crippen LogP contribution in [0.25, 0.3) is 0 Å². The van der Waals surface area contributed by atoms with Crippen LogP contribution in [0.1, 0.15) is 17.0 Å². The minimum atomic E-state index is -4.43. The molecule has 2 atom stereocenters. The molecule has 2 aliphatic heterocycles. The maximum absolute atomic E-state index is 14.0. The van der Waals surface area contributed by atoms with Crippen LogP contribution in [0.2, 0.25) is 0 Å². The van der Waals surface area contributed by atoms with Gasteiger partial charge in [-0.1, -0.05) is 30.3 Å². The SMILES string of the molecule is O=C(Nc1ccc2c(c1)OC(F)(Cl)C(F)(F)O2)N1CC(c2ccccc2)C(c2ccc(OC(F)F)cc2)=N1. The molecule has 0 aliphatic carbocycles. The number of alkyl halides is 6. The molecule has 0 saturated carbocycles. The first kappa shape index (κ1) is 25.6. The van der Waals surface area contributed by atoms with E-state index in [1.807, 2.05) is 30.3 Å². The Bertz CT molecular complexity index is 1370. The predicted molar refractivity (Wildman–Crippen MR) is 127 cm³/mol. The fraction of sp³-hybridized carbons (Fsp3) is 0.200. The number of hydrazone groups is 1. The summed E-state index contributed by atoms with van der Waals surface area (Å²) >= 11 is 5.11. The fourth-order valence-electron chi connectivity index (χ4n) is 3.98. The number of carbonyl (C=O) groups excluding carboxylic acids is 1. The van der Waals surface area contributed by atoms with Crippen molar-refractivity contribution in [3.05, 3.63) is 83.9 Å². The fourth-order valence-corrected chi connectivity index (χ4v) is 4.10. The second-order valence-electron chi connectivity index (χ2n) is 8.26. The average molecular weight is 554 g/mol. The highest BCUT2D eigenvalue weighted by atomic mass is 35.5. The van der Waals surface area contributed by atoms with E-state index in [-0.39, 0.29) is 23.9 Å². The molecule has 7 nitrogen and oxygen atoms in total. The molecule has 1 N–H and O–H groups in total. The molecular weight excluding hydrogens is 537 g/mol. The Morgan fingerprint density at radius 3 is 2.42 bits per heavy atom. The van der Waals surface area contributed by atoms with Crippen molar-refractivity contribution >= 4 is 29.0 Å². The third kappa shape index (κ3) is 5.03. The van der Waals surface area contributed by atoms with Crippen LogP contribution in [0.5, 0.6) is 17.2 Å². The highest BCUT2D eigenvalue weighted by molar-refractivity contribution is 6.22. The standard InChI is InChI=1S/C25H17ClF5N3O4/c26-24(29)25(30,31)38-19-11-8-16(12-20(19)37-24)32-23(35)34-13-18(14-4-2-1-3-5-14)21(33-34)15-6-9-17(10-7-15)36-22(27)28/h1-12,18,22H,13H2,(H,32,35). The van der Waals surface area contributed by atoms with Crippen LogP contribution in [0, 0.1) is 0 Å². The second kappa shape index (κ2) is 9.67.